The van der Waals surface area contributed by atoms with Gasteiger partial charge in [0.05, 0.1) is 40.9 Å². The highest BCUT2D eigenvalue weighted by molar-refractivity contribution is 7.90. The van der Waals surface area contributed by atoms with Crippen LogP contribution in [-0.2, 0) is 21.2 Å². The number of methoxy groups -OCH3 is 1. The fourth-order valence-corrected chi connectivity index (χ4v) is 7.03. The van der Waals surface area contributed by atoms with Crippen molar-refractivity contribution in [2.24, 2.45) is 0 Å². The van der Waals surface area contributed by atoms with E-state index < -0.39 is 33.1 Å². The van der Waals surface area contributed by atoms with Gasteiger partial charge in [-0.3, -0.25) is 9.59 Å². The maximum Gasteiger partial charge on any atom is 0.269 e. The Morgan fingerprint density at radius 2 is 1.74 bits per heavy atom. The molecule has 0 fully saturated rings. The number of aryl methyl sites for hydroxylation is 1. The molecule has 3 aromatic carbocycles. The van der Waals surface area contributed by atoms with Crippen molar-refractivity contribution in [3.05, 3.63) is 89.1 Å². The lowest BCUT2D eigenvalue weighted by atomic mass is 10.1. The number of amides is 2. The zero-order valence-electron chi connectivity index (χ0n) is 27.8. The number of nitrogens with zero attached hydrogens (tertiary/aromatic N) is 5. The molecule has 0 bridgehead atoms. The molecule has 5 aromatic rings. The van der Waals surface area contributed by atoms with Crippen LogP contribution < -0.4 is 25.6 Å². The van der Waals surface area contributed by atoms with Gasteiger partial charge in [0.25, 0.3) is 15.9 Å². The minimum Gasteiger partial charge on any atom is -0.495 e. The number of hydrogen-bond donors (Lipinski definition) is 3. The monoisotopic (exact) mass is 704 g/mol. The molecule has 3 N–H and O–H groups in total. The number of carbonyl (C=O) groups excluding carboxylic acids is 2. The van der Waals surface area contributed by atoms with Crippen LogP contribution >= 0.6 is 0 Å². The number of fused-ring (bicyclic) bond motifs is 2. The van der Waals surface area contributed by atoms with E-state index in [2.05, 4.69) is 25.9 Å². The van der Waals surface area contributed by atoms with Crippen LogP contribution in [-0.4, -0.2) is 80.4 Å². The molecule has 16 heteroatoms. The van der Waals surface area contributed by atoms with E-state index >= 15 is 0 Å². The van der Waals surface area contributed by atoms with Crippen LogP contribution in [0, 0.1) is 18.6 Å². The van der Waals surface area contributed by atoms with Crippen molar-refractivity contribution in [3.63, 3.8) is 0 Å². The van der Waals surface area contributed by atoms with Gasteiger partial charge < -0.3 is 30.5 Å². The molecule has 0 aliphatic carbocycles. The van der Waals surface area contributed by atoms with Gasteiger partial charge in [0.15, 0.2) is 5.65 Å². The van der Waals surface area contributed by atoms with E-state index in [9.17, 15) is 26.8 Å². The van der Waals surface area contributed by atoms with Crippen LogP contribution in [0.2, 0.25) is 0 Å². The molecule has 0 atom stereocenters. The van der Waals surface area contributed by atoms with Gasteiger partial charge in [0.1, 0.15) is 23.2 Å². The van der Waals surface area contributed by atoms with Gasteiger partial charge in [-0.05, 0) is 69.4 Å². The second-order valence-corrected chi connectivity index (χ2v) is 13.7. The second-order valence-electron chi connectivity index (χ2n) is 11.9. The van der Waals surface area contributed by atoms with E-state index in [1.54, 1.807) is 48.2 Å². The Hall–Kier alpha value is -5.61. The number of halogens is 2. The van der Waals surface area contributed by atoms with Crippen molar-refractivity contribution >= 4 is 61.7 Å². The standard InChI is InChI=1S/C34H34F2N8O5S/c1-19-6-8-22(9-7-19)50(47,48)44-13-11-23-31(38-26-16-21(35)15-24(36)30(26)33(46)37-2)40-34(41-32(23)44)39-25-17-27-20(14-28(25)49-5)10-12-43(27)29(45)18-42(3)4/h6-9,11,13-17H,10,12,18H2,1-5H3,(H,37,46)(H2,38,39,40,41). The molecule has 0 spiro atoms. The molecule has 0 unspecified atom stereocenters. The summed E-state index contributed by atoms with van der Waals surface area (Å²) in [6.45, 7) is 2.51. The minimum absolute atomic E-state index is 0.000101. The number of carbonyl (C=O) groups is 2. The molecular formula is C34H34F2N8O5S. The molecule has 260 valence electrons. The summed E-state index contributed by atoms with van der Waals surface area (Å²) in [6.07, 6.45) is 1.91. The van der Waals surface area contributed by atoms with Gasteiger partial charge in [0.2, 0.25) is 11.9 Å². The summed E-state index contributed by atoms with van der Waals surface area (Å²) < 4.78 is 63.8. The van der Waals surface area contributed by atoms with Crippen molar-refractivity contribution in [3.8, 4) is 5.75 Å². The number of benzene rings is 3. The zero-order chi connectivity index (χ0) is 35.9. The average molecular weight is 705 g/mol. The molecule has 0 saturated heterocycles. The number of ether oxygens (including phenoxy) is 1. The van der Waals surface area contributed by atoms with Crippen molar-refractivity contribution < 1.29 is 31.5 Å². The van der Waals surface area contributed by atoms with Crippen LogP contribution in [0.5, 0.6) is 5.75 Å². The first-order chi connectivity index (χ1) is 23.8. The number of anilines is 5. The first-order valence-corrected chi connectivity index (χ1v) is 16.9. The highest BCUT2D eigenvalue weighted by Crippen LogP contribution is 2.39. The highest BCUT2D eigenvalue weighted by atomic mass is 32.2. The third kappa shape index (κ3) is 6.42. The molecule has 13 nitrogen and oxygen atoms in total. The van der Waals surface area contributed by atoms with Gasteiger partial charge in [-0.1, -0.05) is 17.7 Å². The first kappa shape index (κ1) is 34.3. The maximum absolute atomic E-state index is 14.9. The predicted octanol–water partition coefficient (Wildman–Crippen LogP) is 4.56. The first-order valence-electron chi connectivity index (χ1n) is 15.4. The van der Waals surface area contributed by atoms with Crippen LogP contribution in [0.3, 0.4) is 0 Å². The molecule has 0 radical (unpaired) electrons. The van der Waals surface area contributed by atoms with Crippen molar-refractivity contribution in [1.29, 1.82) is 0 Å². The number of nitrogens with one attached hydrogen (secondary N) is 3. The Morgan fingerprint density at radius 1 is 1.00 bits per heavy atom. The second kappa shape index (κ2) is 13.4. The smallest absolute Gasteiger partial charge is 0.269 e. The Morgan fingerprint density at radius 3 is 2.42 bits per heavy atom. The lowest BCUT2D eigenvalue weighted by Crippen LogP contribution is -2.36. The summed E-state index contributed by atoms with van der Waals surface area (Å²) in [5, 5.41) is 8.42. The average Bonchev–Trinajstić information content (AvgIpc) is 3.68. The van der Waals surface area contributed by atoms with Crippen LogP contribution in [0.25, 0.3) is 11.0 Å². The van der Waals surface area contributed by atoms with E-state index in [1.165, 1.54) is 38.6 Å². The largest absolute Gasteiger partial charge is 0.495 e. The number of aromatic nitrogens is 3. The van der Waals surface area contributed by atoms with Gasteiger partial charge in [-0.15, -0.1) is 0 Å². The summed E-state index contributed by atoms with van der Waals surface area (Å²) in [6, 6.07) is 12.7. The van der Waals surface area contributed by atoms with E-state index in [1.807, 2.05) is 6.92 Å². The lowest BCUT2D eigenvalue weighted by Gasteiger charge is -2.21. The molecule has 3 heterocycles. The van der Waals surface area contributed by atoms with E-state index in [0.29, 0.717) is 36.2 Å². The highest BCUT2D eigenvalue weighted by Gasteiger charge is 2.28. The molecule has 2 aromatic heterocycles. The number of rotatable bonds is 10. The summed E-state index contributed by atoms with van der Waals surface area (Å²) in [5.41, 5.74) is 1.97. The Labute approximate surface area is 286 Å². The van der Waals surface area contributed by atoms with Crippen molar-refractivity contribution in [1.82, 2.24) is 24.2 Å². The molecule has 0 saturated carbocycles. The predicted molar refractivity (Wildman–Crippen MR) is 185 cm³/mol. The maximum atomic E-state index is 14.9. The van der Waals surface area contributed by atoms with Gasteiger partial charge >= 0.3 is 0 Å². The van der Waals surface area contributed by atoms with Crippen LogP contribution in [0.15, 0.2) is 65.7 Å². The summed E-state index contributed by atoms with van der Waals surface area (Å²) >= 11 is 0. The molecule has 50 heavy (non-hydrogen) atoms. The van der Waals surface area contributed by atoms with Crippen molar-refractivity contribution in [2.75, 3.05) is 56.9 Å². The Balaban J connectivity index is 1.51. The van der Waals surface area contributed by atoms with E-state index in [0.717, 1.165) is 21.2 Å². The topological polar surface area (TPSA) is 151 Å². The summed E-state index contributed by atoms with van der Waals surface area (Å²) in [5.74, 6) is -2.79. The Bertz CT molecular complexity index is 2260. The third-order valence-corrected chi connectivity index (χ3v) is 9.83. The van der Waals surface area contributed by atoms with E-state index in [4.69, 9.17) is 4.74 Å². The van der Waals surface area contributed by atoms with Gasteiger partial charge in [-0.25, -0.2) is 21.2 Å². The molecular weight excluding hydrogens is 670 g/mol. The third-order valence-electron chi connectivity index (χ3n) is 8.15. The normalized spacial score (nSPS) is 12.7. The summed E-state index contributed by atoms with van der Waals surface area (Å²) in [4.78, 5) is 38.3. The van der Waals surface area contributed by atoms with Crippen molar-refractivity contribution in [2.45, 2.75) is 18.2 Å². The number of hydrogen-bond acceptors (Lipinski definition) is 10. The molecule has 2 amide bonds. The fourth-order valence-electron chi connectivity index (χ4n) is 5.73. The van der Waals surface area contributed by atoms with E-state index in [-0.39, 0.29) is 45.8 Å². The SMILES string of the molecule is CNC(=O)c1c(F)cc(F)cc1Nc1nc(Nc2cc3c(cc2OC)CCN3C(=O)CN(C)C)nc2c1ccn2S(=O)(=O)c1ccc(C)cc1. The molecule has 1 aliphatic rings. The lowest BCUT2D eigenvalue weighted by molar-refractivity contribution is -0.119. The van der Waals surface area contributed by atoms with Gasteiger partial charge in [0, 0.05) is 31.5 Å². The number of likely N-dealkylation sites (N-methyl/N-ethyl adjacent to an activating group) is 1. The molecule has 1 aliphatic heterocycles. The Kier molecular flexibility index (Phi) is 9.16. The van der Waals surface area contributed by atoms with Crippen LogP contribution in [0.1, 0.15) is 21.5 Å². The summed E-state index contributed by atoms with van der Waals surface area (Å²) in [7, 11) is 2.20. The van der Waals surface area contributed by atoms with Crippen LogP contribution in [0.4, 0.5) is 37.6 Å². The van der Waals surface area contributed by atoms with Gasteiger partial charge in [-0.2, -0.15) is 9.97 Å². The minimum atomic E-state index is -4.19. The zero-order valence-corrected chi connectivity index (χ0v) is 28.7. The quantitative estimate of drug-likeness (QED) is 0.189. The fraction of sp³-hybridized carbons (Fsp3) is 0.235. The molecule has 6 rings (SSSR count).